The van der Waals surface area contributed by atoms with E-state index in [4.69, 9.17) is 14.9 Å². The Kier molecular flexibility index (Phi) is 8.24. The molecule has 2 aromatic rings. The van der Waals surface area contributed by atoms with Crippen LogP contribution < -0.4 is 4.74 Å². The highest BCUT2D eigenvalue weighted by Crippen LogP contribution is 2.15. The molecule has 3 N–H and O–H groups in total. The van der Waals surface area contributed by atoms with Gasteiger partial charge in [0.2, 0.25) is 0 Å². The molecule has 0 spiro atoms. The Balaban J connectivity index is 1.86. The van der Waals surface area contributed by atoms with Gasteiger partial charge in [-0.1, -0.05) is 30.3 Å². The lowest BCUT2D eigenvalue weighted by Crippen LogP contribution is -2.38. The Morgan fingerprint density at radius 1 is 0.923 bits per heavy atom. The molecular formula is C20H25NO5. The van der Waals surface area contributed by atoms with E-state index in [1.54, 1.807) is 41.3 Å². The molecule has 0 fully saturated rings. The topological polar surface area (TPSA) is 90.2 Å². The minimum Gasteiger partial charge on any atom is -0.491 e. The first kappa shape index (κ1) is 20.1. The summed E-state index contributed by atoms with van der Waals surface area (Å²) in [5.74, 6) is 0.505. The van der Waals surface area contributed by atoms with Crippen LogP contribution in [0, 0.1) is 0 Å². The largest absolute Gasteiger partial charge is 0.491 e. The van der Waals surface area contributed by atoms with E-state index in [2.05, 4.69) is 0 Å². The molecule has 0 heterocycles. The van der Waals surface area contributed by atoms with Crippen LogP contribution >= 0.6 is 0 Å². The van der Waals surface area contributed by atoms with Crippen LogP contribution in [0.3, 0.4) is 0 Å². The number of rotatable bonds is 11. The highest BCUT2D eigenvalue weighted by atomic mass is 16.5. The van der Waals surface area contributed by atoms with Crippen LogP contribution in [0.4, 0.5) is 0 Å². The van der Waals surface area contributed by atoms with E-state index in [1.807, 2.05) is 18.2 Å². The third-order valence-corrected chi connectivity index (χ3v) is 3.90. The normalized spacial score (nSPS) is 12.2. The minimum atomic E-state index is -0.751. The van der Waals surface area contributed by atoms with Gasteiger partial charge in [-0.2, -0.15) is 0 Å². The standard InChI is InChI=1S/C20H25NO5/c22-12-10-21(11-13-23)14-18(24)15-26-19-8-6-17(7-9-19)20(25)16-4-2-1-3-5-16/h1-9,18,22-24H,10-15H2. The Morgan fingerprint density at radius 2 is 1.50 bits per heavy atom. The van der Waals surface area contributed by atoms with Crippen LogP contribution in [0.2, 0.25) is 0 Å². The van der Waals surface area contributed by atoms with Gasteiger partial charge in [-0.25, -0.2) is 0 Å². The lowest BCUT2D eigenvalue weighted by atomic mass is 10.0. The maximum absolute atomic E-state index is 12.3. The third kappa shape index (κ3) is 6.24. The molecule has 0 bridgehead atoms. The Morgan fingerprint density at radius 3 is 2.08 bits per heavy atom. The summed E-state index contributed by atoms with van der Waals surface area (Å²) in [7, 11) is 0. The van der Waals surface area contributed by atoms with E-state index >= 15 is 0 Å². The van der Waals surface area contributed by atoms with E-state index < -0.39 is 6.10 Å². The molecule has 140 valence electrons. The van der Waals surface area contributed by atoms with Crippen LogP contribution in [0.15, 0.2) is 54.6 Å². The maximum Gasteiger partial charge on any atom is 0.193 e. The van der Waals surface area contributed by atoms with Crippen molar-refractivity contribution in [2.45, 2.75) is 6.10 Å². The highest BCUT2D eigenvalue weighted by Gasteiger charge is 2.12. The van der Waals surface area contributed by atoms with Crippen molar-refractivity contribution in [1.29, 1.82) is 0 Å². The molecule has 6 nitrogen and oxygen atoms in total. The maximum atomic E-state index is 12.3. The van der Waals surface area contributed by atoms with Crippen LogP contribution in [0.5, 0.6) is 5.75 Å². The number of carbonyl (C=O) groups is 1. The molecule has 0 saturated heterocycles. The molecule has 0 aromatic heterocycles. The Labute approximate surface area is 153 Å². The van der Waals surface area contributed by atoms with Crippen molar-refractivity contribution >= 4 is 5.78 Å². The number of carbonyl (C=O) groups excluding carboxylic acids is 1. The number of ether oxygens (including phenoxy) is 1. The van der Waals surface area contributed by atoms with E-state index in [-0.39, 0.29) is 25.6 Å². The number of hydrogen-bond acceptors (Lipinski definition) is 6. The average molecular weight is 359 g/mol. The summed E-state index contributed by atoms with van der Waals surface area (Å²) in [6.45, 7) is 1.07. The van der Waals surface area contributed by atoms with Crippen molar-refractivity contribution in [3.05, 3.63) is 65.7 Å². The molecule has 6 heteroatoms. The fourth-order valence-corrected chi connectivity index (χ4v) is 2.58. The van der Waals surface area contributed by atoms with Gasteiger partial charge in [-0.3, -0.25) is 9.69 Å². The van der Waals surface area contributed by atoms with E-state index in [1.165, 1.54) is 0 Å². The Bertz CT molecular complexity index is 654. The molecule has 0 saturated carbocycles. The van der Waals surface area contributed by atoms with Gasteiger partial charge in [0.15, 0.2) is 5.78 Å². The first-order valence-electron chi connectivity index (χ1n) is 8.58. The zero-order chi connectivity index (χ0) is 18.8. The third-order valence-electron chi connectivity index (χ3n) is 3.90. The summed E-state index contributed by atoms with van der Waals surface area (Å²) >= 11 is 0. The fraction of sp³-hybridized carbons (Fsp3) is 0.350. The number of ketones is 1. The second-order valence-corrected chi connectivity index (χ2v) is 5.93. The van der Waals surface area contributed by atoms with E-state index in [9.17, 15) is 9.90 Å². The minimum absolute atomic E-state index is 0.0372. The molecule has 0 aliphatic carbocycles. The van der Waals surface area contributed by atoms with Crippen molar-refractivity contribution in [2.24, 2.45) is 0 Å². The van der Waals surface area contributed by atoms with E-state index in [0.29, 0.717) is 36.5 Å². The SMILES string of the molecule is O=C(c1ccccc1)c1ccc(OCC(O)CN(CCO)CCO)cc1. The van der Waals surface area contributed by atoms with Crippen molar-refractivity contribution in [1.82, 2.24) is 4.90 Å². The number of hydrogen-bond donors (Lipinski definition) is 3. The van der Waals surface area contributed by atoms with Crippen molar-refractivity contribution in [3.63, 3.8) is 0 Å². The van der Waals surface area contributed by atoms with Crippen molar-refractivity contribution in [3.8, 4) is 5.75 Å². The monoisotopic (exact) mass is 359 g/mol. The summed E-state index contributed by atoms with van der Waals surface area (Å²) in [4.78, 5) is 14.1. The summed E-state index contributed by atoms with van der Waals surface area (Å²) in [5, 5.41) is 28.0. The van der Waals surface area contributed by atoms with Gasteiger partial charge in [0, 0.05) is 30.8 Å². The second-order valence-electron chi connectivity index (χ2n) is 5.93. The number of aliphatic hydroxyl groups excluding tert-OH is 3. The zero-order valence-electron chi connectivity index (χ0n) is 14.6. The van der Waals surface area contributed by atoms with Crippen LogP contribution in [-0.4, -0.2) is 71.6 Å². The molecule has 2 aromatic carbocycles. The smallest absolute Gasteiger partial charge is 0.193 e. The number of aliphatic hydroxyl groups is 3. The zero-order valence-corrected chi connectivity index (χ0v) is 14.6. The van der Waals surface area contributed by atoms with Gasteiger partial charge in [0.05, 0.1) is 13.2 Å². The number of benzene rings is 2. The Hall–Kier alpha value is -2.25. The highest BCUT2D eigenvalue weighted by molar-refractivity contribution is 6.08. The van der Waals surface area contributed by atoms with Crippen LogP contribution in [0.25, 0.3) is 0 Å². The molecule has 1 unspecified atom stereocenters. The van der Waals surface area contributed by atoms with Crippen molar-refractivity contribution in [2.75, 3.05) is 39.5 Å². The first-order chi connectivity index (χ1) is 12.6. The molecule has 1 atom stereocenters. The van der Waals surface area contributed by atoms with Gasteiger partial charge in [-0.05, 0) is 24.3 Å². The predicted octanol–water partition coefficient (Wildman–Crippen LogP) is 0.944. The number of nitrogens with zero attached hydrogens (tertiary/aromatic N) is 1. The van der Waals surface area contributed by atoms with Crippen LogP contribution in [-0.2, 0) is 0 Å². The summed E-state index contributed by atoms with van der Waals surface area (Å²) in [5.41, 5.74) is 1.20. The van der Waals surface area contributed by atoms with Gasteiger partial charge in [0.25, 0.3) is 0 Å². The molecule has 26 heavy (non-hydrogen) atoms. The molecule has 2 rings (SSSR count). The second kappa shape index (κ2) is 10.7. The van der Waals surface area contributed by atoms with Gasteiger partial charge in [-0.15, -0.1) is 0 Å². The molecule has 0 aliphatic rings. The first-order valence-corrected chi connectivity index (χ1v) is 8.58. The summed E-state index contributed by atoms with van der Waals surface area (Å²) < 4.78 is 5.55. The summed E-state index contributed by atoms with van der Waals surface area (Å²) in [6.07, 6.45) is -0.751. The molecular weight excluding hydrogens is 334 g/mol. The summed E-state index contributed by atoms with van der Waals surface area (Å²) in [6, 6.07) is 15.8. The molecule has 0 aliphatic heterocycles. The lowest BCUT2D eigenvalue weighted by molar-refractivity contribution is 0.0552. The predicted molar refractivity (Wildman–Crippen MR) is 98.4 cm³/mol. The quantitative estimate of drug-likeness (QED) is 0.518. The molecule has 0 amide bonds. The molecule has 0 radical (unpaired) electrons. The van der Waals surface area contributed by atoms with Gasteiger partial charge >= 0.3 is 0 Å². The van der Waals surface area contributed by atoms with Crippen LogP contribution in [0.1, 0.15) is 15.9 Å². The average Bonchev–Trinajstić information content (AvgIpc) is 2.67. The van der Waals surface area contributed by atoms with Gasteiger partial charge in [0.1, 0.15) is 18.5 Å². The van der Waals surface area contributed by atoms with Gasteiger partial charge < -0.3 is 20.1 Å². The van der Waals surface area contributed by atoms with E-state index in [0.717, 1.165) is 0 Å². The van der Waals surface area contributed by atoms with Crippen molar-refractivity contribution < 1.29 is 24.9 Å². The lowest BCUT2D eigenvalue weighted by Gasteiger charge is -2.23. The fourth-order valence-electron chi connectivity index (χ4n) is 2.58.